The van der Waals surface area contributed by atoms with Gasteiger partial charge in [0.1, 0.15) is 0 Å². The lowest BCUT2D eigenvalue weighted by atomic mass is 10.00. The number of carbonyl (C=O) groups excluding carboxylic acids is 2. The summed E-state index contributed by atoms with van der Waals surface area (Å²) in [7, 11) is -3.67. The van der Waals surface area contributed by atoms with Crippen molar-refractivity contribution < 1.29 is 26.7 Å². The minimum Gasteiger partial charge on any atom is -0.369 e. The third-order valence-electron chi connectivity index (χ3n) is 2.96. The molecule has 1 aliphatic rings. The summed E-state index contributed by atoms with van der Waals surface area (Å²) in [4.78, 5) is 27.1. The molecule has 1 aromatic heterocycles. The van der Waals surface area contributed by atoms with Gasteiger partial charge in [-0.05, 0) is 25.0 Å². The average molecular weight is 317 g/mol. The number of hydrogen-bond donors (Lipinski definition) is 2. The molecule has 0 atom stereocenters. The highest BCUT2D eigenvalue weighted by atomic mass is 32.2. The van der Waals surface area contributed by atoms with Crippen LogP contribution in [0.1, 0.15) is 46.3 Å². The maximum atomic E-state index is 11.7. The van der Waals surface area contributed by atoms with E-state index in [2.05, 4.69) is 4.98 Å². The van der Waals surface area contributed by atoms with E-state index in [4.69, 9.17) is 14.4 Å². The van der Waals surface area contributed by atoms with Gasteiger partial charge in [-0.15, -0.1) is 0 Å². The highest BCUT2D eigenvalue weighted by Gasteiger charge is 2.51. The van der Waals surface area contributed by atoms with Crippen LogP contribution in [-0.4, -0.2) is 35.9 Å². The summed E-state index contributed by atoms with van der Waals surface area (Å²) in [6.07, 6.45) is 2.84. The van der Waals surface area contributed by atoms with Crippen molar-refractivity contribution in [1.82, 2.24) is 4.98 Å². The minimum atomic E-state index is -3.67. The monoisotopic (exact) mass is 317 g/mol. The summed E-state index contributed by atoms with van der Waals surface area (Å²) < 4.78 is 47.0. The fraction of sp³-hybridized carbons (Fsp3) is 0.462. The van der Waals surface area contributed by atoms with Gasteiger partial charge in [0.2, 0.25) is 5.91 Å². The third-order valence-corrected chi connectivity index (χ3v) is 2.96. The number of ketones is 1. The van der Waals surface area contributed by atoms with Gasteiger partial charge in [0.25, 0.3) is 10.1 Å². The fourth-order valence-corrected chi connectivity index (χ4v) is 1.70. The maximum Gasteiger partial charge on any atom is 0.261 e. The molecule has 0 saturated heterocycles. The van der Waals surface area contributed by atoms with Crippen LogP contribution in [0.5, 0.6) is 0 Å². The molecule has 1 aromatic rings. The summed E-state index contributed by atoms with van der Waals surface area (Å²) >= 11 is 0. The SMILES string of the molecule is CS(=O)(=O)O.[2H]C([2H])([2H])CC(=O)c1ccc(C2(C(N)=O)CC2)nc1. The molecule has 7 nitrogen and oxygen atoms in total. The van der Waals surface area contributed by atoms with Gasteiger partial charge in [-0.25, -0.2) is 0 Å². The molecule has 8 heteroatoms. The number of amides is 1. The summed E-state index contributed by atoms with van der Waals surface area (Å²) in [5.41, 5.74) is 5.42. The molecule has 0 spiro atoms. The molecule has 0 unspecified atom stereocenters. The molecule has 116 valence electrons. The van der Waals surface area contributed by atoms with Crippen LogP contribution in [0, 0.1) is 0 Å². The van der Waals surface area contributed by atoms with Crippen molar-refractivity contribution >= 4 is 21.8 Å². The molecular weight excluding hydrogens is 296 g/mol. The second-order valence-electron chi connectivity index (χ2n) is 4.71. The highest BCUT2D eigenvalue weighted by molar-refractivity contribution is 7.85. The van der Waals surface area contributed by atoms with Crippen LogP contribution in [0.15, 0.2) is 18.3 Å². The first kappa shape index (κ1) is 12.9. The number of aromatic nitrogens is 1. The van der Waals surface area contributed by atoms with Crippen LogP contribution < -0.4 is 5.73 Å². The van der Waals surface area contributed by atoms with Crippen molar-refractivity contribution in [2.45, 2.75) is 31.5 Å². The van der Waals surface area contributed by atoms with E-state index in [0.717, 1.165) is 0 Å². The number of Topliss-reactive ketones (excluding diaryl/α,β-unsaturated/α-hetero) is 1. The number of nitrogens with zero attached hydrogens (tertiary/aromatic N) is 1. The maximum absolute atomic E-state index is 11.7. The molecule has 1 heterocycles. The molecule has 1 aliphatic carbocycles. The zero-order valence-corrected chi connectivity index (χ0v) is 12.2. The van der Waals surface area contributed by atoms with E-state index >= 15 is 0 Å². The number of rotatable bonds is 4. The summed E-state index contributed by atoms with van der Waals surface area (Å²) in [5, 5.41) is 0. The Morgan fingerprint density at radius 1 is 1.48 bits per heavy atom. The average Bonchev–Trinajstić information content (AvgIpc) is 3.16. The van der Waals surface area contributed by atoms with Gasteiger partial charge in [0.05, 0.1) is 17.4 Å². The second kappa shape index (κ2) is 6.31. The lowest BCUT2D eigenvalue weighted by Crippen LogP contribution is -2.29. The molecule has 1 saturated carbocycles. The highest BCUT2D eigenvalue weighted by Crippen LogP contribution is 2.46. The van der Waals surface area contributed by atoms with Gasteiger partial charge in [0.15, 0.2) is 5.78 Å². The van der Waals surface area contributed by atoms with E-state index in [0.29, 0.717) is 24.8 Å². The molecule has 0 aromatic carbocycles. The first-order chi connectivity index (χ1) is 10.7. The number of carbonyl (C=O) groups is 2. The molecule has 3 N–H and O–H groups in total. The van der Waals surface area contributed by atoms with Gasteiger partial charge in [-0.2, -0.15) is 8.42 Å². The predicted molar refractivity (Wildman–Crippen MR) is 76.4 cm³/mol. The lowest BCUT2D eigenvalue weighted by molar-refractivity contribution is -0.120. The Morgan fingerprint density at radius 2 is 2.05 bits per heavy atom. The van der Waals surface area contributed by atoms with Crippen molar-refractivity contribution in [2.24, 2.45) is 5.73 Å². The van der Waals surface area contributed by atoms with Crippen molar-refractivity contribution in [3.05, 3.63) is 29.6 Å². The first-order valence-electron chi connectivity index (χ1n) is 7.47. The number of hydrogen-bond acceptors (Lipinski definition) is 5. The van der Waals surface area contributed by atoms with Crippen molar-refractivity contribution in [3.8, 4) is 0 Å². The Labute approximate surface area is 127 Å². The Bertz CT molecular complexity index is 717. The summed E-state index contributed by atoms with van der Waals surface area (Å²) in [6, 6.07) is 3.07. The zero-order chi connectivity index (χ0) is 18.8. The van der Waals surface area contributed by atoms with Gasteiger partial charge in [-0.3, -0.25) is 19.1 Å². The van der Waals surface area contributed by atoms with Crippen LogP contribution in [0.25, 0.3) is 0 Å². The molecule has 2 rings (SSSR count). The molecule has 0 radical (unpaired) electrons. The lowest BCUT2D eigenvalue weighted by Gasteiger charge is -2.10. The molecular formula is C13H18N2O5S. The first-order valence-corrected chi connectivity index (χ1v) is 7.81. The minimum absolute atomic E-state index is 0.236. The van der Waals surface area contributed by atoms with Gasteiger partial charge >= 0.3 is 0 Å². The van der Waals surface area contributed by atoms with Crippen molar-refractivity contribution in [2.75, 3.05) is 6.26 Å². The van der Waals surface area contributed by atoms with Gasteiger partial charge in [0, 0.05) is 22.3 Å². The van der Waals surface area contributed by atoms with Crippen LogP contribution >= 0.6 is 0 Å². The van der Waals surface area contributed by atoms with Crippen LogP contribution in [0.3, 0.4) is 0 Å². The number of pyridine rings is 1. The Kier molecular flexibility index (Phi) is 3.88. The third kappa shape index (κ3) is 4.91. The fourth-order valence-electron chi connectivity index (χ4n) is 1.70. The number of nitrogens with two attached hydrogens (primary N) is 1. The molecule has 1 fully saturated rings. The zero-order valence-electron chi connectivity index (χ0n) is 14.4. The van der Waals surface area contributed by atoms with Crippen molar-refractivity contribution in [3.63, 3.8) is 0 Å². The van der Waals surface area contributed by atoms with E-state index in [9.17, 15) is 18.0 Å². The Morgan fingerprint density at radius 3 is 2.38 bits per heavy atom. The van der Waals surface area contributed by atoms with E-state index in [-0.39, 0.29) is 5.56 Å². The molecule has 21 heavy (non-hydrogen) atoms. The molecule has 0 aliphatic heterocycles. The Hall–Kier alpha value is -1.80. The quantitative estimate of drug-likeness (QED) is 0.621. The van der Waals surface area contributed by atoms with E-state index in [1.807, 2.05) is 0 Å². The smallest absolute Gasteiger partial charge is 0.261 e. The largest absolute Gasteiger partial charge is 0.369 e. The van der Waals surface area contributed by atoms with Gasteiger partial charge < -0.3 is 5.73 Å². The van der Waals surface area contributed by atoms with Crippen LogP contribution in [0.4, 0.5) is 0 Å². The molecule has 1 amide bonds. The number of primary amides is 1. The standard InChI is InChI=1S/C12H14N2O2.CH4O3S/c1-2-9(15)8-3-4-10(14-7-8)12(5-6-12)11(13)16;1-5(2,3)4/h3-4,7H,2,5-6H2,1H3,(H2,13,16);1H3,(H,2,3,4)/i1D3;. The summed E-state index contributed by atoms with van der Waals surface area (Å²) in [5.74, 6) is -0.899. The van der Waals surface area contributed by atoms with E-state index in [1.165, 1.54) is 12.3 Å². The topological polar surface area (TPSA) is 127 Å². The molecule has 0 bridgehead atoms. The summed E-state index contributed by atoms with van der Waals surface area (Å²) in [6.45, 7) is -2.29. The van der Waals surface area contributed by atoms with Crippen LogP contribution in [-0.2, 0) is 20.3 Å². The van der Waals surface area contributed by atoms with Crippen LogP contribution in [0.2, 0.25) is 0 Å². The second-order valence-corrected chi connectivity index (χ2v) is 6.18. The van der Waals surface area contributed by atoms with E-state index in [1.54, 1.807) is 6.07 Å². The predicted octanol–water partition coefficient (Wildman–Crippen LogP) is 0.695. The van der Waals surface area contributed by atoms with E-state index < -0.39 is 40.5 Å². The normalized spacial score (nSPS) is 18.3. The van der Waals surface area contributed by atoms with Crippen molar-refractivity contribution in [1.29, 1.82) is 0 Å². The van der Waals surface area contributed by atoms with Gasteiger partial charge in [-0.1, -0.05) is 6.85 Å². The Balaban J connectivity index is 0.000000505.